The van der Waals surface area contributed by atoms with Crippen LogP contribution in [0.5, 0.6) is 0 Å². The molecular formula is C20H28NOY-. The number of nitrogens with zero attached hydrogens (tertiary/aromatic N) is 1. The van der Waals surface area contributed by atoms with Gasteiger partial charge in [-0.3, -0.25) is 4.79 Å². The molecule has 0 aromatic heterocycles. The fourth-order valence-corrected chi connectivity index (χ4v) is 4.01. The largest absolute Gasteiger partial charge is 0.343 e. The van der Waals surface area contributed by atoms with Crippen molar-refractivity contribution in [2.45, 2.75) is 76.7 Å². The fraction of sp³-hybridized carbons (Fsp3) is 0.600. The molecule has 3 heteroatoms. The van der Waals surface area contributed by atoms with Crippen molar-refractivity contribution < 1.29 is 37.5 Å². The van der Waals surface area contributed by atoms with Crippen LogP contribution in [0.1, 0.15) is 68.9 Å². The van der Waals surface area contributed by atoms with Gasteiger partial charge in [-0.2, -0.15) is 6.42 Å². The average Bonchev–Trinajstić information content (AvgIpc) is 2.99. The predicted octanol–water partition coefficient (Wildman–Crippen LogP) is 4.84. The standard InChI is InChI=1S/C20H28NO.Y/c1-2-3-4-5-10-18-11-7-12-20(22)21(18)19-14-13-16-8-6-9-17(16)15-19;/h13-15,18H,1-12H2;/q-1;. The number of anilines is 1. The normalized spacial score (nSPS) is 20.3. The third kappa shape index (κ3) is 4.66. The third-order valence-electron chi connectivity index (χ3n) is 5.21. The first-order chi connectivity index (χ1) is 10.8. The van der Waals surface area contributed by atoms with Gasteiger partial charge in [0.05, 0.1) is 0 Å². The zero-order valence-electron chi connectivity index (χ0n) is 14.2. The number of amides is 1. The van der Waals surface area contributed by atoms with E-state index in [9.17, 15) is 4.79 Å². The van der Waals surface area contributed by atoms with Crippen LogP contribution < -0.4 is 4.90 Å². The van der Waals surface area contributed by atoms with Crippen molar-refractivity contribution in [2.75, 3.05) is 4.90 Å². The van der Waals surface area contributed by atoms with Crippen LogP contribution in [0, 0.1) is 6.92 Å². The molecule has 123 valence electrons. The molecule has 1 fully saturated rings. The topological polar surface area (TPSA) is 20.3 Å². The van der Waals surface area contributed by atoms with Crippen molar-refractivity contribution in [3.05, 3.63) is 36.2 Å². The van der Waals surface area contributed by atoms with E-state index in [1.54, 1.807) is 0 Å². The molecule has 1 saturated heterocycles. The molecule has 1 heterocycles. The van der Waals surface area contributed by atoms with E-state index in [0.29, 0.717) is 18.4 Å². The Morgan fingerprint density at radius 1 is 1.04 bits per heavy atom. The first kappa shape index (κ1) is 19.1. The molecule has 1 unspecified atom stereocenters. The average molecular weight is 387 g/mol. The van der Waals surface area contributed by atoms with Crippen LogP contribution in [-0.2, 0) is 50.3 Å². The zero-order valence-corrected chi connectivity index (χ0v) is 17.1. The van der Waals surface area contributed by atoms with Gasteiger partial charge in [0, 0.05) is 50.9 Å². The zero-order chi connectivity index (χ0) is 15.4. The SMILES string of the molecule is [CH2-]CCCCCC1CCCC(=O)N1c1ccc2c(c1)CCC2.[Y]. The first-order valence-electron chi connectivity index (χ1n) is 9.02. The van der Waals surface area contributed by atoms with Crippen molar-refractivity contribution in [3.8, 4) is 0 Å². The maximum atomic E-state index is 12.5. The number of carbonyl (C=O) groups is 1. The number of hydrogen-bond acceptors (Lipinski definition) is 1. The second-order valence-corrected chi connectivity index (χ2v) is 6.82. The maximum Gasteiger partial charge on any atom is 0.227 e. The van der Waals surface area contributed by atoms with Gasteiger partial charge in [0.2, 0.25) is 5.91 Å². The van der Waals surface area contributed by atoms with Gasteiger partial charge in [-0.1, -0.05) is 25.3 Å². The minimum Gasteiger partial charge on any atom is -0.343 e. The van der Waals surface area contributed by atoms with Crippen LogP contribution in [0.4, 0.5) is 5.69 Å². The Balaban J connectivity index is 0.00000192. The number of fused-ring (bicyclic) bond motifs is 1. The number of piperidine rings is 1. The molecule has 23 heavy (non-hydrogen) atoms. The number of aryl methyl sites for hydroxylation is 2. The smallest absolute Gasteiger partial charge is 0.227 e. The first-order valence-corrected chi connectivity index (χ1v) is 9.02. The summed E-state index contributed by atoms with van der Waals surface area (Å²) >= 11 is 0. The minimum absolute atomic E-state index is 0. The molecule has 0 bridgehead atoms. The van der Waals surface area contributed by atoms with Crippen LogP contribution in [-0.4, -0.2) is 11.9 Å². The number of hydrogen-bond donors (Lipinski definition) is 0. The van der Waals surface area contributed by atoms with Crippen LogP contribution in [0.25, 0.3) is 0 Å². The Labute approximate surface area is 166 Å². The van der Waals surface area contributed by atoms with Crippen LogP contribution >= 0.6 is 0 Å². The van der Waals surface area contributed by atoms with Crippen LogP contribution in [0.3, 0.4) is 0 Å². The Hall–Kier alpha value is -0.206. The van der Waals surface area contributed by atoms with Gasteiger partial charge in [0.15, 0.2) is 0 Å². The molecule has 1 atom stereocenters. The number of unbranched alkanes of at least 4 members (excludes halogenated alkanes) is 3. The summed E-state index contributed by atoms with van der Waals surface area (Å²) in [6.45, 7) is 3.91. The molecule has 0 saturated carbocycles. The Morgan fingerprint density at radius 2 is 1.87 bits per heavy atom. The summed E-state index contributed by atoms with van der Waals surface area (Å²) < 4.78 is 0. The van der Waals surface area contributed by atoms with Crippen molar-refractivity contribution in [3.63, 3.8) is 0 Å². The van der Waals surface area contributed by atoms with Gasteiger partial charge >= 0.3 is 0 Å². The van der Waals surface area contributed by atoms with E-state index in [4.69, 9.17) is 0 Å². The molecule has 1 radical (unpaired) electrons. The summed E-state index contributed by atoms with van der Waals surface area (Å²) in [7, 11) is 0. The van der Waals surface area contributed by atoms with E-state index < -0.39 is 0 Å². The molecule has 0 spiro atoms. The number of rotatable bonds is 6. The van der Waals surface area contributed by atoms with E-state index >= 15 is 0 Å². The fourth-order valence-electron chi connectivity index (χ4n) is 4.01. The minimum atomic E-state index is 0. The van der Waals surface area contributed by atoms with E-state index in [1.165, 1.54) is 49.7 Å². The van der Waals surface area contributed by atoms with Crippen LogP contribution in [0.2, 0.25) is 0 Å². The van der Waals surface area contributed by atoms with Crippen molar-refractivity contribution >= 4 is 11.6 Å². The Morgan fingerprint density at radius 3 is 2.70 bits per heavy atom. The van der Waals surface area contributed by atoms with E-state index in [-0.39, 0.29) is 32.7 Å². The van der Waals surface area contributed by atoms with Gasteiger partial charge in [-0.05, 0) is 61.8 Å². The van der Waals surface area contributed by atoms with Crippen molar-refractivity contribution in [1.29, 1.82) is 0 Å². The molecular weight excluding hydrogens is 359 g/mol. The molecule has 1 aliphatic heterocycles. The Bertz CT molecular complexity index is 528. The van der Waals surface area contributed by atoms with Gasteiger partial charge in [0.25, 0.3) is 0 Å². The summed E-state index contributed by atoms with van der Waals surface area (Å²) in [6, 6.07) is 7.12. The monoisotopic (exact) mass is 387 g/mol. The van der Waals surface area contributed by atoms with Gasteiger partial charge in [-0.15, -0.1) is 0 Å². The second kappa shape index (κ2) is 9.32. The van der Waals surface area contributed by atoms with Gasteiger partial charge < -0.3 is 11.8 Å². The molecule has 1 aromatic rings. The van der Waals surface area contributed by atoms with E-state index in [2.05, 4.69) is 30.0 Å². The number of benzene rings is 1. The molecule has 1 aliphatic carbocycles. The summed E-state index contributed by atoms with van der Waals surface area (Å²) in [5.41, 5.74) is 4.10. The summed E-state index contributed by atoms with van der Waals surface area (Å²) in [4.78, 5) is 14.6. The van der Waals surface area contributed by atoms with Crippen LogP contribution in [0.15, 0.2) is 18.2 Å². The summed E-state index contributed by atoms with van der Waals surface area (Å²) in [5.74, 6) is 0.325. The summed E-state index contributed by atoms with van der Waals surface area (Å²) in [5, 5.41) is 0. The molecule has 2 aliphatic rings. The molecule has 0 N–H and O–H groups in total. The predicted molar refractivity (Wildman–Crippen MR) is 92.0 cm³/mol. The van der Waals surface area contributed by atoms with Gasteiger partial charge in [-0.25, -0.2) is 0 Å². The maximum absolute atomic E-state index is 12.5. The molecule has 3 rings (SSSR count). The van der Waals surface area contributed by atoms with E-state index in [1.807, 2.05) is 0 Å². The molecule has 1 aromatic carbocycles. The summed E-state index contributed by atoms with van der Waals surface area (Å²) in [6.07, 6.45) is 12.4. The second-order valence-electron chi connectivity index (χ2n) is 6.82. The Kier molecular flexibility index (Phi) is 7.75. The third-order valence-corrected chi connectivity index (χ3v) is 5.21. The molecule has 1 amide bonds. The van der Waals surface area contributed by atoms with Crippen molar-refractivity contribution in [2.24, 2.45) is 0 Å². The molecule has 2 nitrogen and oxygen atoms in total. The van der Waals surface area contributed by atoms with E-state index in [0.717, 1.165) is 31.4 Å². The van der Waals surface area contributed by atoms with Crippen molar-refractivity contribution in [1.82, 2.24) is 0 Å². The number of carbonyl (C=O) groups excluding carboxylic acids is 1. The van der Waals surface area contributed by atoms with Gasteiger partial charge in [0.1, 0.15) is 0 Å². The quantitative estimate of drug-likeness (QED) is 0.505.